The van der Waals surface area contributed by atoms with Crippen molar-refractivity contribution in [1.29, 1.82) is 0 Å². The molecule has 9 nitrogen and oxygen atoms in total. The van der Waals surface area contributed by atoms with Crippen molar-refractivity contribution in [3.8, 4) is 5.69 Å². The highest BCUT2D eigenvalue weighted by Gasteiger charge is 2.26. The zero-order valence-corrected chi connectivity index (χ0v) is 17.6. The van der Waals surface area contributed by atoms with E-state index in [1.165, 1.54) is 10.6 Å². The molecule has 1 fully saturated rings. The number of carboxylic acids is 1. The standard InChI is InChI=1S/C20H23N5O4S/c1-14-18-17(23-9-6-10-24(12-11-23)30(2,28)29)13-16(20(26)27)21-19(18)25(22-14)15-7-4-3-5-8-15/h3-5,7-8,13H,6,9-12H2,1-2H3,(H,26,27). The van der Waals surface area contributed by atoms with Crippen LogP contribution in [0.25, 0.3) is 16.7 Å². The summed E-state index contributed by atoms with van der Waals surface area (Å²) in [7, 11) is -3.28. The van der Waals surface area contributed by atoms with Crippen LogP contribution in [0.4, 0.5) is 5.69 Å². The Bertz CT molecular complexity index is 1210. The van der Waals surface area contributed by atoms with E-state index in [0.29, 0.717) is 43.9 Å². The van der Waals surface area contributed by atoms with Crippen LogP contribution in [0.2, 0.25) is 0 Å². The summed E-state index contributed by atoms with van der Waals surface area (Å²) >= 11 is 0. The van der Waals surface area contributed by atoms with Crippen LogP contribution in [0, 0.1) is 6.92 Å². The van der Waals surface area contributed by atoms with Crippen LogP contribution in [0.1, 0.15) is 22.6 Å². The molecule has 158 valence electrons. The molecule has 3 aromatic rings. The Morgan fingerprint density at radius 3 is 2.50 bits per heavy atom. The monoisotopic (exact) mass is 429 g/mol. The van der Waals surface area contributed by atoms with E-state index in [1.54, 1.807) is 10.7 Å². The number of anilines is 1. The number of sulfonamides is 1. The Morgan fingerprint density at radius 1 is 1.10 bits per heavy atom. The van der Waals surface area contributed by atoms with E-state index in [1.807, 2.05) is 42.2 Å². The van der Waals surface area contributed by atoms with Gasteiger partial charge in [-0.05, 0) is 31.5 Å². The molecule has 4 rings (SSSR count). The van der Waals surface area contributed by atoms with Crippen LogP contribution in [0.5, 0.6) is 0 Å². The van der Waals surface area contributed by atoms with Gasteiger partial charge in [0, 0.05) is 26.2 Å². The molecular formula is C20H23N5O4S. The van der Waals surface area contributed by atoms with Crippen LogP contribution in [0.3, 0.4) is 0 Å². The summed E-state index contributed by atoms with van der Waals surface area (Å²) in [6, 6.07) is 11.0. The summed E-state index contributed by atoms with van der Waals surface area (Å²) in [6.45, 7) is 3.73. The molecule has 0 spiro atoms. The SMILES string of the molecule is Cc1nn(-c2ccccc2)c2nc(C(=O)O)cc(N3CCCN(S(C)(=O)=O)CC3)c12. The molecule has 30 heavy (non-hydrogen) atoms. The van der Waals surface area contributed by atoms with Gasteiger partial charge in [0.05, 0.1) is 28.7 Å². The number of para-hydroxylation sites is 1. The number of nitrogens with zero attached hydrogens (tertiary/aromatic N) is 5. The number of carboxylic acid groups (broad SMARTS) is 1. The number of benzene rings is 1. The molecule has 10 heteroatoms. The van der Waals surface area contributed by atoms with Gasteiger partial charge in [0.1, 0.15) is 0 Å². The molecule has 0 bridgehead atoms. The lowest BCUT2D eigenvalue weighted by atomic mass is 10.1. The molecular weight excluding hydrogens is 406 g/mol. The third-order valence-electron chi connectivity index (χ3n) is 5.28. The average Bonchev–Trinajstić information content (AvgIpc) is 2.89. The Morgan fingerprint density at radius 2 is 1.83 bits per heavy atom. The van der Waals surface area contributed by atoms with Gasteiger partial charge < -0.3 is 10.0 Å². The van der Waals surface area contributed by atoms with E-state index in [2.05, 4.69) is 10.1 Å². The summed E-state index contributed by atoms with van der Waals surface area (Å²) in [5.74, 6) is -1.12. The zero-order chi connectivity index (χ0) is 21.5. The Kier molecular flexibility index (Phi) is 5.20. The van der Waals surface area contributed by atoms with Crippen molar-refractivity contribution in [2.75, 3.05) is 37.3 Å². The lowest BCUT2D eigenvalue weighted by Gasteiger charge is -2.24. The van der Waals surface area contributed by atoms with E-state index < -0.39 is 16.0 Å². The smallest absolute Gasteiger partial charge is 0.354 e. The quantitative estimate of drug-likeness (QED) is 0.675. The largest absolute Gasteiger partial charge is 0.477 e. The maximum absolute atomic E-state index is 12.0. The lowest BCUT2D eigenvalue weighted by molar-refractivity contribution is 0.0691. The van der Waals surface area contributed by atoms with Gasteiger partial charge in [0.15, 0.2) is 11.3 Å². The number of rotatable bonds is 4. The third kappa shape index (κ3) is 3.75. The summed E-state index contributed by atoms with van der Waals surface area (Å²) < 4.78 is 27.0. The minimum absolute atomic E-state index is 0.0706. The molecule has 2 aromatic heterocycles. The van der Waals surface area contributed by atoms with Crippen molar-refractivity contribution in [3.63, 3.8) is 0 Å². The highest BCUT2D eigenvalue weighted by molar-refractivity contribution is 7.88. The minimum atomic E-state index is -3.28. The Balaban J connectivity index is 1.85. The third-order valence-corrected chi connectivity index (χ3v) is 6.58. The summed E-state index contributed by atoms with van der Waals surface area (Å²) in [6.07, 6.45) is 1.86. The van der Waals surface area contributed by atoms with Crippen molar-refractivity contribution < 1.29 is 18.3 Å². The van der Waals surface area contributed by atoms with Gasteiger partial charge in [-0.3, -0.25) is 0 Å². The van der Waals surface area contributed by atoms with E-state index >= 15 is 0 Å². The number of aromatic nitrogens is 3. The molecule has 1 saturated heterocycles. The fourth-order valence-corrected chi connectivity index (χ4v) is 4.71. The number of carbonyl (C=O) groups is 1. The van der Waals surface area contributed by atoms with E-state index in [4.69, 9.17) is 0 Å². The number of aromatic carboxylic acids is 1. The topological polar surface area (TPSA) is 109 Å². The predicted octanol–water partition coefficient (Wildman–Crippen LogP) is 1.90. The second-order valence-corrected chi connectivity index (χ2v) is 9.35. The van der Waals surface area contributed by atoms with Crippen LogP contribution in [-0.2, 0) is 10.0 Å². The minimum Gasteiger partial charge on any atom is -0.477 e. The van der Waals surface area contributed by atoms with Crippen molar-refractivity contribution >= 4 is 32.7 Å². The Hall–Kier alpha value is -2.98. The van der Waals surface area contributed by atoms with Gasteiger partial charge >= 0.3 is 5.97 Å². The first-order valence-corrected chi connectivity index (χ1v) is 11.5. The van der Waals surface area contributed by atoms with Crippen molar-refractivity contribution in [3.05, 3.63) is 47.8 Å². The number of hydrogen-bond acceptors (Lipinski definition) is 6. The number of hydrogen-bond donors (Lipinski definition) is 1. The maximum Gasteiger partial charge on any atom is 0.354 e. The predicted molar refractivity (Wildman–Crippen MR) is 114 cm³/mol. The van der Waals surface area contributed by atoms with Crippen LogP contribution in [0.15, 0.2) is 36.4 Å². The fraction of sp³-hybridized carbons (Fsp3) is 0.350. The second kappa shape index (κ2) is 7.69. The molecule has 1 N–H and O–H groups in total. The first-order valence-electron chi connectivity index (χ1n) is 9.65. The van der Waals surface area contributed by atoms with Crippen molar-refractivity contribution in [2.45, 2.75) is 13.3 Å². The molecule has 1 aliphatic heterocycles. The van der Waals surface area contributed by atoms with E-state index in [-0.39, 0.29) is 5.69 Å². The molecule has 0 unspecified atom stereocenters. The number of aryl methyl sites for hydroxylation is 1. The molecule has 1 aromatic carbocycles. The van der Waals surface area contributed by atoms with Gasteiger partial charge in [-0.1, -0.05) is 18.2 Å². The molecule has 3 heterocycles. The fourth-order valence-electron chi connectivity index (χ4n) is 3.84. The zero-order valence-electron chi connectivity index (χ0n) is 16.8. The lowest BCUT2D eigenvalue weighted by Crippen LogP contribution is -2.34. The summed E-state index contributed by atoms with van der Waals surface area (Å²) in [5, 5.41) is 15.0. The molecule has 1 aliphatic rings. The van der Waals surface area contributed by atoms with Gasteiger partial charge in [-0.15, -0.1) is 0 Å². The number of fused-ring (bicyclic) bond motifs is 1. The first kappa shape index (κ1) is 20.3. The summed E-state index contributed by atoms with van der Waals surface area (Å²) in [5.41, 5.74) is 2.64. The highest BCUT2D eigenvalue weighted by atomic mass is 32.2. The van der Waals surface area contributed by atoms with Gasteiger partial charge in [-0.2, -0.15) is 5.10 Å². The molecule has 0 amide bonds. The van der Waals surface area contributed by atoms with Crippen molar-refractivity contribution in [1.82, 2.24) is 19.1 Å². The normalized spacial score (nSPS) is 16.0. The van der Waals surface area contributed by atoms with Gasteiger partial charge in [0.2, 0.25) is 10.0 Å². The molecule has 0 aliphatic carbocycles. The van der Waals surface area contributed by atoms with Crippen LogP contribution < -0.4 is 4.90 Å². The highest BCUT2D eigenvalue weighted by Crippen LogP contribution is 2.32. The second-order valence-electron chi connectivity index (χ2n) is 7.37. The number of pyridine rings is 1. The summed E-state index contributed by atoms with van der Waals surface area (Å²) in [4.78, 5) is 18.2. The Labute approximate surface area is 174 Å². The van der Waals surface area contributed by atoms with Crippen molar-refractivity contribution in [2.24, 2.45) is 0 Å². The first-order chi connectivity index (χ1) is 14.3. The van der Waals surface area contributed by atoms with Crippen LogP contribution >= 0.6 is 0 Å². The maximum atomic E-state index is 12.0. The van der Waals surface area contributed by atoms with E-state index in [9.17, 15) is 18.3 Å². The van der Waals surface area contributed by atoms with Crippen LogP contribution in [-0.4, -0.2) is 71.0 Å². The average molecular weight is 430 g/mol. The molecule has 0 radical (unpaired) electrons. The molecule has 0 atom stereocenters. The van der Waals surface area contributed by atoms with Gasteiger partial charge in [0.25, 0.3) is 0 Å². The van der Waals surface area contributed by atoms with E-state index in [0.717, 1.165) is 16.8 Å². The molecule has 0 saturated carbocycles. The van der Waals surface area contributed by atoms with Gasteiger partial charge in [-0.25, -0.2) is 27.2 Å².